The first-order valence-corrected chi connectivity index (χ1v) is 8.91. The monoisotopic (exact) mass is 389 g/mol. The molecule has 9 heteroatoms. The van der Waals surface area contributed by atoms with Crippen LogP contribution in [0.25, 0.3) is 11.1 Å². The third kappa shape index (κ3) is 4.79. The van der Waals surface area contributed by atoms with Crippen LogP contribution in [0.4, 0.5) is 14.7 Å². The van der Waals surface area contributed by atoms with Gasteiger partial charge >= 0.3 is 5.97 Å². The van der Waals surface area contributed by atoms with Gasteiger partial charge in [0.05, 0.1) is 0 Å². The van der Waals surface area contributed by atoms with Crippen molar-refractivity contribution in [3.8, 4) is 11.1 Å². The van der Waals surface area contributed by atoms with Crippen LogP contribution >= 0.6 is 0 Å². The van der Waals surface area contributed by atoms with Crippen LogP contribution in [0, 0.1) is 11.2 Å². The van der Waals surface area contributed by atoms with Crippen LogP contribution < -0.4 is 10.6 Å². The fourth-order valence-electron chi connectivity index (χ4n) is 2.95. The lowest BCUT2D eigenvalue weighted by atomic mass is 10.1. The number of rotatable bonds is 6. The molecule has 0 unspecified atom stereocenters. The van der Waals surface area contributed by atoms with Crippen molar-refractivity contribution in [3.63, 3.8) is 0 Å². The third-order valence-electron chi connectivity index (χ3n) is 4.46. The van der Waals surface area contributed by atoms with Gasteiger partial charge in [0, 0.05) is 42.2 Å². The summed E-state index contributed by atoms with van der Waals surface area (Å²) in [5.74, 6) is -1.05. The van der Waals surface area contributed by atoms with Crippen LogP contribution in [-0.2, 0) is 16.1 Å². The highest BCUT2D eigenvalue weighted by molar-refractivity contribution is 5.94. The Morgan fingerprint density at radius 2 is 1.96 bits per heavy atom. The first-order valence-electron chi connectivity index (χ1n) is 8.91. The van der Waals surface area contributed by atoms with E-state index in [1.54, 1.807) is 12.1 Å². The zero-order chi connectivity index (χ0) is 20.1. The minimum absolute atomic E-state index is 0.198. The molecule has 28 heavy (non-hydrogen) atoms. The molecular weight excluding hydrogens is 368 g/mol. The molecule has 0 aliphatic carbocycles. The van der Waals surface area contributed by atoms with E-state index < -0.39 is 18.0 Å². The van der Waals surface area contributed by atoms with Gasteiger partial charge in [-0.25, -0.2) is 18.7 Å². The van der Waals surface area contributed by atoms with Gasteiger partial charge in [0.25, 0.3) is 0 Å². The number of ether oxygens (including phenoxy) is 1. The van der Waals surface area contributed by atoms with E-state index >= 15 is 0 Å². The van der Waals surface area contributed by atoms with Crippen molar-refractivity contribution >= 4 is 17.8 Å². The zero-order valence-electron chi connectivity index (χ0n) is 15.2. The Morgan fingerprint density at radius 1 is 1.29 bits per heavy atom. The van der Waals surface area contributed by atoms with Gasteiger partial charge in [-0.2, -0.15) is 0 Å². The smallest absolute Gasteiger partial charge is 0.313 e. The summed E-state index contributed by atoms with van der Waals surface area (Å²) in [6.45, 7) is 0.842. The predicted octanol–water partition coefficient (Wildman–Crippen LogP) is 2.59. The first kappa shape index (κ1) is 19.7. The maximum Gasteiger partial charge on any atom is 0.313 e. The second-order valence-electron chi connectivity index (χ2n) is 6.57. The number of nitrogens with one attached hydrogen (secondary N) is 1. The number of carbonyl (C=O) groups excluding carboxylic acids is 1. The Morgan fingerprint density at radius 3 is 2.61 bits per heavy atom. The number of alkyl halides is 1. The van der Waals surface area contributed by atoms with E-state index in [-0.39, 0.29) is 30.0 Å². The van der Waals surface area contributed by atoms with Crippen LogP contribution in [0.15, 0.2) is 30.6 Å². The molecular formula is C19H21F2N5O2. The molecule has 0 spiro atoms. The molecule has 148 valence electrons. The second-order valence-corrected chi connectivity index (χ2v) is 6.57. The van der Waals surface area contributed by atoms with Crippen LogP contribution in [0.2, 0.25) is 0 Å². The summed E-state index contributed by atoms with van der Waals surface area (Å²) in [6.07, 6.45) is 2.82. The molecule has 3 rings (SSSR count). The number of hydrogen-bond donors (Lipinski definition) is 2. The minimum Gasteiger partial charge on any atom is -0.460 e. The van der Waals surface area contributed by atoms with Crippen LogP contribution in [0.5, 0.6) is 0 Å². The molecule has 1 aliphatic heterocycles. The maximum atomic E-state index is 14.8. The van der Waals surface area contributed by atoms with E-state index in [0.29, 0.717) is 37.4 Å². The van der Waals surface area contributed by atoms with E-state index in [1.165, 1.54) is 18.5 Å². The Kier molecular flexibility index (Phi) is 6.13. The Labute approximate surface area is 161 Å². The summed E-state index contributed by atoms with van der Waals surface area (Å²) in [7, 11) is 0. The maximum absolute atomic E-state index is 14.8. The molecule has 1 fully saturated rings. The molecule has 1 aromatic heterocycles. The Bertz CT molecular complexity index is 852. The summed E-state index contributed by atoms with van der Waals surface area (Å²) in [5, 5.41) is 7.06. The SMILES string of the molecule is N=C(N)CC(=O)OCc1cccc(-c2cnc(N3CCC(F)CC3)nc2)c1F. The number of anilines is 1. The minimum atomic E-state index is -0.781. The third-order valence-corrected chi connectivity index (χ3v) is 4.46. The number of nitrogens with two attached hydrogens (primary N) is 1. The van der Waals surface area contributed by atoms with Gasteiger partial charge in [0.2, 0.25) is 5.95 Å². The molecule has 2 heterocycles. The number of esters is 1. The van der Waals surface area contributed by atoms with Gasteiger partial charge in [-0.05, 0) is 12.8 Å². The first-order chi connectivity index (χ1) is 13.4. The predicted molar refractivity (Wildman–Crippen MR) is 100 cm³/mol. The second kappa shape index (κ2) is 8.73. The number of carbonyl (C=O) groups is 1. The van der Waals surface area contributed by atoms with E-state index in [2.05, 4.69) is 9.97 Å². The topological polar surface area (TPSA) is 105 Å². The van der Waals surface area contributed by atoms with E-state index in [1.807, 2.05) is 4.90 Å². The molecule has 0 bridgehead atoms. The highest BCUT2D eigenvalue weighted by Crippen LogP contribution is 2.26. The van der Waals surface area contributed by atoms with Crippen molar-refractivity contribution in [2.24, 2.45) is 5.73 Å². The fraction of sp³-hybridized carbons (Fsp3) is 0.368. The number of nitrogens with zero attached hydrogens (tertiary/aromatic N) is 3. The van der Waals surface area contributed by atoms with Crippen molar-refractivity contribution < 1.29 is 18.3 Å². The lowest BCUT2D eigenvalue weighted by molar-refractivity contribution is -0.143. The molecule has 7 nitrogen and oxygen atoms in total. The zero-order valence-corrected chi connectivity index (χ0v) is 15.2. The quantitative estimate of drug-likeness (QED) is 0.447. The number of hydrogen-bond acceptors (Lipinski definition) is 6. The molecule has 0 radical (unpaired) electrons. The number of piperidine rings is 1. The van der Waals surface area contributed by atoms with Crippen molar-refractivity contribution in [2.45, 2.75) is 32.0 Å². The van der Waals surface area contributed by atoms with Gasteiger partial charge in [-0.3, -0.25) is 10.2 Å². The van der Waals surface area contributed by atoms with Crippen LogP contribution in [0.1, 0.15) is 24.8 Å². The summed E-state index contributed by atoms with van der Waals surface area (Å²) >= 11 is 0. The van der Waals surface area contributed by atoms with Gasteiger partial charge in [-0.15, -0.1) is 0 Å². The van der Waals surface area contributed by atoms with Crippen LogP contribution in [0.3, 0.4) is 0 Å². The van der Waals surface area contributed by atoms with Crippen molar-refractivity contribution in [1.82, 2.24) is 9.97 Å². The molecule has 0 atom stereocenters. The van der Waals surface area contributed by atoms with Gasteiger partial charge < -0.3 is 15.4 Å². The lowest BCUT2D eigenvalue weighted by Crippen LogP contribution is -2.35. The molecule has 1 aliphatic rings. The molecule has 1 saturated heterocycles. The number of amidine groups is 1. The Balaban J connectivity index is 1.71. The normalized spacial score (nSPS) is 14.7. The number of benzene rings is 1. The molecule has 3 N–H and O–H groups in total. The molecule has 0 amide bonds. The van der Waals surface area contributed by atoms with Gasteiger partial charge in [-0.1, -0.05) is 18.2 Å². The van der Waals surface area contributed by atoms with E-state index in [0.717, 1.165) is 0 Å². The van der Waals surface area contributed by atoms with Crippen molar-refractivity contribution in [1.29, 1.82) is 5.41 Å². The molecule has 0 saturated carbocycles. The average Bonchev–Trinajstić information content (AvgIpc) is 2.67. The highest BCUT2D eigenvalue weighted by Gasteiger charge is 2.20. The lowest BCUT2D eigenvalue weighted by Gasteiger charge is -2.28. The van der Waals surface area contributed by atoms with Crippen molar-refractivity contribution in [2.75, 3.05) is 18.0 Å². The van der Waals surface area contributed by atoms with Gasteiger partial charge in [0.1, 0.15) is 30.9 Å². The fourth-order valence-corrected chi connectivity index (χ4v) is 2.95. The summed E-state index contributed by atoms with van der Waals surface area (Å²) in [6, 6.07) is 4.74. The highest BCUT2D eigenvalue weighted by atomic mass is 19.1. The molecule has 2 aromatic rings. The van der Waals surface area contributed by atoms with E-state index in [9.17, 15) is 13.6 Å². The Hall–Kier alpha value is -3.10. The summed E-state index contributed by atoms with van der Waals surface area (Å²) < 4.78 is 33.0. The van der Waals surface area contributed by atoms with E-state index in [4.69, 9.17) is 15.9 Å². The summed E-state index contributed by atoms with van der Waals surface area (Å²) in [4.78, 5) is 22.0. The summed E-state index contributed by atoms with van der Waals surface area (Å²) in [5.41, 5.74) is 6.11. The number of aromatic nitrogens is 2. The standard InChI is InChI=1S/C19H21F2N5O2/c20-14-4-6-26(7-5-14)19-24-9-13(10-25-19)15-3-1-2-12(18(15)21)11-28-17(27)8-16(22)23/h1-3,9-10,14H,4-8,11H2,(H3,22,23). The average molecular weight is 389 g/mol. The molecule has 1 aromatic carbocycles. The van der Waals surface area contributed by atoms with Crippen LogP contribution in [-0.4, -0.2) is 41.0 Å². The number of halogens is 2. The largest absolute Gasteiger partial charge is 0.460 e. The van der Waals surface area contributed by atoms with Gasteiger partial charge in [0.15, 0.2) is 0 Å². The van der Waals surface area contributed by atoms with Crippen molar-refractivity contribution in [3.05, 3.63) is 42.0 Å².